The lowest BCUT2D eigenvalue weighted by molar-refractivity contribution is -0.121. The van der Waals surface area contributed by atoms with Crippen molar-refractivity contribution in [3.8, 4) is 17.2 Å². The van der Waals surface area contributed by atoms with Crippen molar-refractivity contribution >= 4 is 45.0 Å². The summed E-state index contributed by atoms with van der Waals surface area (Å²) in [5, 5.41) is 15.6. The molecule has 0 aliphatic rings. The molecular weight excluding hydrogens is 447 g/mol. The summed E-state index contributed by atoms with van der Waals surface area (Å²) in [6.45, 7) is 6.14. The maximum absolute atomic E-state index is 12.4. The summed E-state index contributed by atoms with van der Waals surface area (Å²) in [6, 6.07) is 9.80. The van der Waals surface area contributed by atoms with E-state index in [-0.39, 0.29) is 12.5 Å². The number of carbonyl (C=O) groups excluding carboxylic acids is 1. The lowest BCUT2D eigenvalue weighted by Crippen LogP contribution is -2.40. The van der Waals surface area contributed by atoms with E-state index < -0.39 is 6.04 Å². The number of nitrogens with zero attached hydrogens (tertiary/aromatic N) is 2. The van der Waals surface area contributed by atoms with Crippen molar-refractivity contribution in [2.75, 3.05) is 11.9 Å². The molecule has 1 heterocycles. The van der Waals surface area contributed by atoms with Gasteiger partial charge < -0.3 is 10.6 Å². The highest BCUT2D eigenvalue weighted by Crippen LogP contribution is 2.35. The summed E-state index contributed by atoms with van der Waals surface area (Å²) >= 11 is 3.64. The Morgan fingerprint density at radius 3 is 2.64 bits per heavy atom. The molecule has 7 heteroatoms. The number of hydrogen-bond donors (Lipinski definition) is 2. The molecule has 1 atom stereocenters. The van der Waals surface area contributed by atoms with Crippen LogP contribution in [-0.4, -0.2) is 22.9 Å². The summed E-state index contributed by atoms with van der Waals surface area (Å²) in [5.74, 6) is 0.191. The highest BCUT2D eigenvalue weighted by molar-refractivity contribution is 14.1. The van der Waals surface area contributed by atoms with Crippen LogP contribution in [0.25, 0.3) is 11.1 Å². The van der Waals surface area contributed by atoms with Crippen LogP contribution in [0.4, 0.5) is 5.00 Å². The number of aryl methyl sites for hydroxylation is 1. The van der Waals surface area contributed by atoms with Crippen LogP contribution in [-0.2, 0) is 4.79 Å². The molecule has 25 heavy (non-hydrogen) atoms. The Labute approximate surface area is 166 Å². The second kappa shape index (κ2) is 9.15. The minimum absolute atomic E-state index is 0.0147. The molecule has 0 unspecified atom stereocenters. The standard InChI is InChI=1S/C18H21IN4OS/c1-11(2)10-15(17(24)21-9-8-20)22-18-16(12(3)23-25-18)13-4-6-14(19)7-5-13/h4-7,11,15,22H,9-10H2,1-3H3,(H,21,24)/t15-/m0/s1. The number of benzene rings is 1. The maximum atomic E-state index is 12.4. The molecule has 0 bridgehead atoms. The summed E-state index contributed by atoms with van der Waals surface area (Å²) in [6.07, 6.45) is 0.681. The van der Waals surface area contributed by atoms with E-state index in [0.717, 1.165) is 21.8 Å². The van der Waals surface area contributed by atoms with E-state index in [1.54, 1.807) is 0 Å². The predicted octanol–water partition coefficient (Wildman–Crippen LogP) is 4.19. The van der Waals surface area contributed by atoms with Gasteiger partial charge in [-0.05, 0) is 71.1 Å². The van der Waals surface area contributed by atoms with Gasteiger partial charge in [-0.15, -0.1) is 0 Å². The molecule has 0 aliphatic carbocycles. The van der Waals surface area contributed by atoms with Gasteiger partial charge >= 0.3 is 0 Å². The molecule has 0 saturated heterocycles. The van der Waals surface area contributed by atoms with E-state index in [2.05, 4.69) is 75.7 Å². The van der Waals surface area contributed by atoms with Gasteiger partial charge in [0.05, 0.1) is 11.8 Å². The Morgan fingerprint density at radius 1 is 1.36 bits per heavy atom. The van der Waals surface area contributed by atoms with Gasteiger partial charge in [0.15, 0.2) is 0 Å². The Bertz CT molecular complexity index is 764. The highest BCUT2D eigenvalue weighted by Gasteiger charge is 2.23. The normalized spacial score (nSPS) is 11.8. The fraction of sp³-hybridized carbons (Fsp3) is 0.389. The van der Waals surface area contributed by atoms with Crippen molar-refractivity contribution in [1.82, 2.24) is 9.69 Å². The van der Waals surface area contributed by atoms with E-state index in [1.165, 1.54) is 15.1 Å². The first-order valence-corrected chi connectivity index (χ1v) is 9.91. The molecule has 1 aromatic carbocycles. The van der Waals surface area contributed by atoms with Gasteiger partial charge in [-0.3, -0.25) is 4.79 Å². The van der Waals surface area contributed by atoms with Crippen LogP contribution in [0.1, 0.15) is 26.0 Å². The Balaban J connectivity index is 2.29. The molecule has 0 saturated carbocycles. The van der Waals surface area contributed by atoms with E-state index >= 15 is 0 Å². The van der Waals surface area contributed by atoms with Crippen LogP contribution in [0.15, 0.2) is 24.3 Å². The van der Waals surface area contributed by atoms with Crippen LogP contribution in [0.3, 0.4) is 0 Å². The lowest BCUT2D eigenvalue weighted by atomic mass is 10.0. The Hall–Kier alpha value is -1.66. The van der Waals surface area contributed by atoms with E-state index in [1.807, 2.05) is 13.0 Å². The SMILES string of the molecule is Cc1nsc(N[C@@H](CC(C)C)C(=O)NCC#N)c1-c1ccc(I)cc1. The molecule has 0 fully saturated rings. The number of rotatable bonds is 7. The first kappa shape index (κ1) is 19.7. The number of nitriles is 1. The lowest BCUT2D eigenvalue weighted by Gasteiger charge is -2.20. The third-order valence-electron chi connectivity index (χ3n) is 3.67. The smallest absolute Gasteiger partial charge is 0.243 e. The molecule has 1 aromatic heterocycles. The molecule has 0 spiro atoms. The highest BCUT2D eigenvalue weighted by atomic mass is 127. The van der Waals surface area contributed by atoms with Crippen LogP contribution in [0, 0.1) is 27.7 Å². The molecule has 1 amide bonds. The van der Waals surface area contributed by atoms with Crippen molar-refractivity contribution in [3.05, 3.63) is 33.5 Å². The zero-order valence-electron chi connectivity index (χ0n) is 14.5. The fourth-order valence-electron chi connectivity index (χ4n) is 2.54. The molecule has 2 N–H and O–H groups in total. The topological polar surface area (TPSA) is 77.8 Å². The number of hydrogen-bond acceptors (Lipinski definition) is 5. The molecule has 0 radical (unpaired) electrons. The van der Waals surface area contributed by atoms with Crippen molar-refractivity contribution in [1.29, 1.82) is 5.26 Å². The van der Waals surface area contributed by atoms with Gasteiger partial charge in [-0.2, -0.15) is 9.64 Å². The van der Waals surface area contributed by atoms with Crippen molar-refractivity contribution in [2.45, 2.75) is 33.2 Å². The summed E-state index contributed by atoms with van der Waals surface area (Å²) < 4.78 is 5.63. The zero-order chi connectivity index (χ0) is 18.4. The fourth-order valence-corrected chi connectivity index (χ4v) is 3.77. The average molecular weight is 468 g/mol. The van der Waals surface area contributed by atoms with Gasteiger partial charge in [0.25, 0.3) is 0 Å². The van der Waals surface area contributed by atoms with Gasteiger partial charge in [-0.25, -0.2) is 0 Å². The van der Waals surface area contributed by atoms with Crippen LogP contribution in [0.5, 0.6) is 0 Å². The number of halogens is 1. The van der Waals surface area contributed by atoms with Crippen molar-refractivity contribution in [3.63, 3.8) is 0 Å². The van der Waals surface area contributed by atoms with Gasteiger partial charge in [0.1, 0.15) is 17.6 Å². The quantitative estimate of drug-likeness (QED) is 0.472. The van der Waals surface area contributed by atoms with Crippen LogP contribution in [0.2, 0.25) is 0 Å². The largest absolute Gasteiger partial charge is 0.364 e. The van der Waals surface area contributed by atoms with Gasteiger partial charge in [-0.1, -0.05) is 26.0 Å². The minimum Gasteiger partial charge on any atom is -0.364 e. The van der Waals surface area contributed by atoms with Gasteiger partial charge in [0.2, 0.25) is 5.91 Å². The van der Waals surface area contributed by atoms with E-state index in [9.17, 15) is 4.79 Å². The number of aromatic nitrogens is 1. The van der Waals surface area contributed by atoms with E-state index in [0.29, 0.717) is 12.3 Å². The number of amides is 1. The monoisotopic (exact) mass is 468 g/mol. The molecule has 5 nitrogen and oxygen atoms in total. The minimum atomic E-state index is -0.393. The predicted molar refractivity (Wildman–Crippen MR) is 110 cm³/mol. The first-order valence-electron chi connectivity index (χ1n) is 8.05. The van der Waals surface area contributed by atoms with Crippen LogP contribution >= 0.6 is 34.1 Å². The molecule has 2 rings (SSSR count). The van der Waals surface area contributed by atoms with Crippen molar-refractivity contribution in [2.24, 2.45) is 5.92 Å². The molecule has 2 aromatic rings. The maximum Gasteiger partial charge on any atom is 0.243 e. The van der Waals surface area contributed by atoms with Crippen molar-refractivity contribution < 1.29 is 4.79 Å². The Morgan fingerprint density at radius 2 is 2.04 bits per heavy atom. The summed E-state index contributed by atoms with van der Waals surface area (Å²) in [5.41, 5.74) is 3.05. The summed E-state index contributed by atoms with van der Waals surface area (Å²) in [4.78, 5) is 12.4. The number of nitrogens with one attached hydrogen (secondary N) is 2. The van der Waals surface area contributed by atoms with Crippen LogP contribution < -0.4 is 10.6 Å². The van der Waals surface area contributed by atoms with Gasteiger partial charge in [0, 0.05) is 9.13 Å². The number of anilines is 1. The molecule has 132 valence electrons. The second-order valence-corrected chi connectivity index (χ2v) is 8.20. The molecule has 0 aliphatic heterocycles. The third-order valence-corrected chi connectivity index (χ3v) is 5.26. The first-order chi connectivity index (χ1) is 11.9. The molecular formula is C18H21IN4OS. The number of carbonyl (C=O) groups is 1. The zero-order valence-corrected chi connectivity index (χ0v) is 17.4. The van der Waals surface area contributed by atoms with E-state index in [4.69, 9.17) is 5.26 Å². The summed E-state index contributed by atoms with van der Waals surface area (Å²) in [7, 11) is 0. The average Bonchev–Trinajstić information content (AvgIpc) is 2.93. The third kappa shape index (κ3) is 5.41. The second-order valence-electron chi connectivity index (χ2n) is 6.18. The Kier molecular flexibility index (Phi) is 7.20.